The summed E-state index contributed by atoms with van der Waals surface area (Å²) in [6.07, 6.45) is -18.1. The fourth-order valence-electron chi connectivity index (χ4n) is 1.08. The summed E-state index contributed by atoms with van der Waals surface area (Å²) in [5.74, 6) is -14.1. The van der Waals surface area contributed by atoms with Crippen molar-refractivity contribution < 1.29 is 120 Å². The Bertz CT molecular complexity index is 702. The molecule has 0 saturated carbocycles. The summed E-state index contributed by atoms with van der Waals surface area (Å²) >= 11 is 0. The summed E-state index contributed by atoms with van der Waals surface area (Å²) < 4.78 is 0. The number of carboxylic acid groups (broad SMARTS) is 8. The zero-order valence-electron chi connectivity index (χ0n) is 19.0. The van der Waals surface area contributed by atoms with Crippen LogP contribution in [0.1, 0.15) is 0 Å². The molecule has 16 N–H and O–H groups in total. The second kappa shape index (κ2) is 38.8. The first-order chi connectivity index (χ1) is 17.9. The number of aliphatic carboxylic acids is 8. The molecular formula is C16H29K5O24. The normalized spacial score (nSPS) is 14.0. The molecule has 242 valence electrons. The van der Waals surface area contributed by atoms with Crippen molar-refractivity contribution in [3.05, 3.63) is 0 Å². The molecule has 24 nitrogen and oxygen atoms in total. The van der Waals surface area contributed by atoms with Gasteiger partial charge in [0, 0.05) is 0 Å². The van der Waals surface area contributed by atoms with Crippen LogP contribution in [-0.4, -0.2) is 435 Å². The van der Waals surface area contributed by atoms with Gasteiger partial charge in [0.15, 0.2) is 48.8 Å². The van der Waals surface area contributed by atoms with Crippen molar-refractivity contribution in [2.24, 2.45) is 0 Å². The van der Waals surface area contributed by atoms with E-state index in [9.17, 15) is 38.4 Å². The van der Waals surface area contributed by atoms with E-state index < -0.39 is 96.6 Å². The van der Waals surface area contributed by atoms with E-state index in [0.717, 1.165) is 0 Å². The first kappa shape index (κ1) is 70.2. The first-order valence-corrected chi connectivity index (χ1v) is 9.13. The van der Waals surface area contributed by atoms with Gasteiger partial charge in [0.1, 0.15) is 0 Å². The Hall–Kier alpha value is 3.62. The van der Waals surface area contributed by atoms with Gasteiger partial charge in [-0.3, -0.25) is 0 Å². The SMILES string of the molecule is O=C(O)C(O)C(O)C(=O)O.O=C(O)C(O)C(O)C(=O)O.O=C(O)C(O)C(O)C(=O)O.O=C(O)C(O)C(O)C(=O)O.[KH].[KH].[KH].[KH].[KH]. The molecule has 0 aliphatic rings. The Morgan fingerprint density at radius 2 is 0.267 bits per heavy atom. The standard InChI is InChI=1S/4C4H6O6.5K.5H/c4*5-1(3(7)8)2(6)4(9)10;;;;;;;;;;/h4*1-2,5-6H,(H,7,8)(H,9,10);;;;;;;;;;. The minimum atomic E-state index is -2.27. The predicted molar refractivity (Wildman–Crippen MR) is 145 cm³/mol. The van der Waals surface area contributed by atoms with E-state index in [1.54, 1.807) is 0 Å². The molecule has 29 heteroatoms. The minimum absolute atomic E-state index is 0. The quantitative estimate of drug-likeness (QED) is 0.0815. The zero-order valence-corrected chi connectivity index (χ0v) is 19.0. The summed E-state index contributed by atoms with van der Waals surface area (Å²) in [6, 6.07) is 0. The van der Waals surface area contributed by atoms with Gasteiger partial charge >= 0.3 is 305 Å². The van der Waals surface area contributed by atoms with Crippen molar-refractivity contribution in [1.82, 2.24) is 0 Å². The van der Waals surface area contributed by atoms with Gasteiger partial charge < -0.3 is 81.7 Å². The number of carbonyl (C=O) groups is 8. The summed E-state index contributed by atoms with van der Waals surface area (Å²) in [5, 5.41) is 130. The molecule has 45 heavy (non-hydrogen) atoms. The third kappa shape index (κ3) is 37.2. The molecule has 0 aromatic rings. The van der Waals surface area contributed by atoms with E-state index >= 15 is 0 Å². The summed E-state index contributed by atoms with van der Waals surface area (Å²) in [6.45, 7) is 0. The predicted octanol–water partition coefficient (Wildman–Crippen LogP) is -11.7. The summed E-state index contributed by atoms with van der Waals surface area (Å²) in [7, 11) is 0. The Labute approximate surface area is 462 Å². The molecule has 0 aromatic carbocycles. The fourth-order valence-corrected chi connectivity index (χ4v) is 1.08. The molecule has 0 spiro atoms. The molecule has 0 bridgehead atoms. The molecule has 0 saturated heterocycles. The van der Waals surface area contributed by atoms with Gasteiger partial charge in [0.2, 0.25) is 0 Å². The van der Waals surface area contributed by atoms with Crippen LogP contribution in [0.15, 0.2) is 0 Å². The van der Waals surface area contributed by atoms with Gasteiger partial charge in [-0.15, -0.1) is 0 Å². The van der Waals surface area contributed by atoms with Gasteiger partial charge in [-0.05, 0) is 0 Å². The Kier molecular flexibility index (Phi) is 60.6. The van der Waals surface area contributed by atoms with Gasteiger partial charge in [-0.2, -0.15) is 0 Å². The number of hydrogen-bond donors (Lipinski definition) is 16. The van der Waals surface area contributed by atoms with Gasteiger partial charge in [-0.25, -0.2) is 38.4 Å². The van der Waals surface area contributed by atoms with Crippen LogP contribution in [0.2, 0.25) is 0 Å². The van der Waals surface area contributed by atoms with Gasteiger partial charge in [-0.1, -0.05) is 0 Å². The topological polar surface area (TPSA) is 460 Å². The molecule has 0 amide bonds. The van der Waals surface area contributed by atoms with E-state index in [0.29, 0.717) is 0 Å². The Morgan fingerprint density at radius 1 is 0.222 bits per heavy atom. The van der Waals surface area contributed by atoms with Crippen molar-refractivity contribution in [3.63, 3.8) is 0 Å². The van der Waals surface area contributed by atoms with Crippen molar-refractivity contribution in [2.45, 2.75) is 48.8 Å². The van der Waals surface area contributed by atoms with Crippen LogP contribution in [0.5, 0.6) is 0 Å². The second-order valence-electron chi connectivity index (χ2n) is 6.26. The van der Waals surface area contributed by atoms with Crippen LogP contribution in [0.4, 0.5) is 0 Å². The fraction of sp³-hybridized carbons (Fsp3) is 0.500. The number of rotatable bonds is 12. The molecule has 0 fully saturated rings. The first-order valence-electron chi connectivity index (χ1n) is 9.13. The summed E-state index contributed by atoms with van der Waals surface area (Å²) in [4.78, 5) is 78.2. The molecule has 0 rings (SSSR count). The van der Waals surface area contributed by atoms with Crippen molar-refractivity contribution in [1.29, 1.82) is 0 Å². The monoisotopic (exact) mass is 800 g/mol. The van der Waals surface area contributed by atoms with E-state index in [2.05, 4.69) is 0 Å². The molecule has 0 radical (unpaired) electrons. The van der Waals surface area contributed by atoms with E-state index in [1.807, 2.05) is 0 Å². The molecule has 0 aliphatic carbocycles. The third-order valence-electron chi connectivity index (χ3n) is 3.22. The van der Waals surface area contributed by atoms with Gasteiger partial charge in [0.25, 0.3) is 0 Å². The molecule has 0 aliphatic heterocycles. The number of carboxylic acids is 8. The maximum absolute atomic E-state index is 9.77. The number of aliphatic hydroxyl groups excluding tert-OH is 8. The van der Waals surface area contributed by atoms with Crippen LogP contribution >= 0.6 is 0 Å². The molecular weight excluding hydrogens is 772 g/mol. The van der Waals surface area contributed by atoms with Crippen molar-refractivity contribution in [2.75, 3.05) is 0 Å². The number of hydrogen-bond acceptors (Lipinski definition) is 16. The van der Waals surface area contributed by atoms with Crippen LogP contribution in [-0.2, 0) is 38.4 Å². The number of aliphatic hydroxyl groups is 8. The Morgan fingerprint density at radius 3 is 0.289 bits per heavy atom. The van der Waals surface area contributed by atoms with Crippen LogP contribution in [0, 0.1) is 0 Å². The van der Waals surface area contributed by atoms with Crippen LogP contribution in [0.3, 0.4) is 0 Å². The molecule has 0 aromatic heterocycles. The van der Waals surface area contributed by atoms with Crippen LogP contribution < -0.4 is 0 Å². The summed E-state index contributed by atoms with van der Waals surface area (Å²) in [5.41, 5.74) is 0. The van der Waals surface area contributed by atoms with E-state index in [1.165, 1.54) is 0 Å². The van der Waals surface area contributed by atoms with Crippen molar-refractivity contribution in [3.8, 4) is 0 Å². The van der Waals surface area contributed by atoms with Crippen LogP contribution in [0.25, 0.3) is 0 Å². The average molecular weight is 801 g/mol. The maximum atomic E-state index is 9.77. The molecule has 0 heterocycles. The van der Waals surface area contributed by atoms with Gasteiger partial charge in [0.05, 0.1) is 0 Å². The molecule has 8 unspecified atom stereocenters. The average Bonchev–Trinajstić information content (AvgIpc) is 2.85. The molecule has 8 atom stereocenters. The van der Waals surface area contributed by atoms with E-state index in [-0.39, 0.29) is 257 Å². The third-order valence-corrected chi connectivity index (χ3v) is 3.22. The van der Waals surface area contributed by atoms with E-state index in [4.69, 9.17) is 81.7 Å². The van der Waals surface area contributed by atoms with Crippen molar-refractivity contribution >= 4 is 305 Å². The Balaban J connectivity index is -0.0000000529. The second-order valence-corrected chi connectivity index (χ2v) is 6.26. The zero-order chi connectivity index (χ0) is 33.2.